The highest BCUT2D eigenvalue weighted by atomic mass is 16.5. The second kappa shape index (κ2) is 7.54. The van der Waals surface area contributed by atoms with E-state index < -0.39 is 0 Å². The predicted octanol–water partition coefficient (Wildman–Crippen LogP) is 6.54. The lowest BCUT2D eigenvalue weighted by Gasteiger charge is -2.17. The summed E-state index contributed by atoms with van der Waals surface area (Å²) in [6.45, 7) is 1.13. The van der Waals surface area contributed by atoms with Crippen LogP contribution in [0.4, 0.5) is 0 Å². The minimum atomic E-state index is 0.0772. The molecule has 5 aromatic carbocycles. The predicted molar refractivity (Wildman–Crippen MR) is 133 cm³/mol. The van der Waals surface area contributed by atoms with Crippen LogP contribution in [0.1, 0.15) is 0 Å². The second-order valence-electron chi connectivity index (χ2n) is 8.01. The Morgan fingerprint density at radius 2 is 1.06 bits per heavy atom. The number of aromatic nitrogens is 1. The Hall–Kier alpha value is -4.11. The van der Waals surface area contributed by atoms with Crippen LogP contribution in [-0.2, 0) is 6.54 Å². The van der Waals surface area contributed by atoms with Gasteiger partial charge in [-0.05, 0) is 41.1 Å². The molecule has 0 fully saturated rings. The average Bonchev–Trinajstić information content (AvgIpc) is 2.85. The minimum Gasteiger partial charge on any atom is -0.490 e. The maximum absolute atomic E-state index is 13.0. The number of benzene rings is 5. The zero-order chi connectivity index (χ0) is 21.5. The van der Waals surface area contributed by atoms with Crippen LogP contribution in [0.15, 0.2) is 108 Å². The van der Waals surface area contributed by atoms with Crippen LogP contribution < -0.4 is 10.2 Å². The van der Waals surface area contributed by atoms with Crippen LogP contribution in [-0.4, -0.2) is 11.2 Å². The van der Waals surface area contributed by atoms with Gasteiger partial charge in [-0.25, -0.2) is 0 Å². The third-order valence-electron chi connectivity index (χ3n) is 6.16. The smallest absolute Gasteiger partial charge is 0.197 e. The molecule has 1 aromatic heterocycles. The van der Waals surface area contributed by atoms with E-state index in [0.717, 1.165) is 38.3 Å². The number of rotatable bonds is 4. The molecule has 154 valence electrons. The molecule has 0 aliphatic rings. The molecule has 0 N–H and O–H groups in total. The van der Waals surface area contributed by atoms with Crippen molar-refractivity contribution in [2.75, 3.05) is 6.61 Å². The summed E-state index contributed by atoms with van der Waals surface area (Å²) in [4.78, 5) is 13.0. The molecule has 0 unspecified atom stereocenters. The van der Waals surface area contributed by atoms with Crippen molar-refractivity contribution in [2.24, 2.45) is 0 Å². The first-order valence-electron chi connectivity index (χ1n) is 10.8. The summed E-state index contributed by atoms with van der Waals surface area (Å²) >= 11 is 0. The number of nitrogens with zero attached hydrogens (tertiary/aromatic N) is 1. The highest BCUT2D eigenvalue weighted by Gasteiger charge is 2.12. The van der Waals surface area contributed by atoms with Crippen LogP contribution in [0.3, 0.4) is 0 Å². The Morgan fingerprint density at radius 1 is 0.594 bits per heavy atom. The maximum atomic E-state index is 13.0. The topological polar surface area (TPSA) is 31.2 Å². The molecule has 0 saturated heterocycles. The van der Waals surface area contributed by atoms with Crippen LogP contribution in [0.25, 0.3) is 43.4 Å². The van der Waals surface area contributed by atoms with E-state index in [-0.39, 0.29) is 5.43 Å². The van der Waals surface area contributed by atoms with Gasteiger partial charge < -0.3 is 9.30 Å². The Bertz CT molecular complexity index is 1570. The summed E-state index contributed by atoms with van der Waals surface area (Å²) < 4.78 is 8.66. The van der Waals surface area contributed by atoms with Crippen LogP contribution in [0, 0.1) is 0 Å². The monoisotopic (exact) mass is 415 g/mol. The largest absolute Gasteiger partial charge is 0.490 e. The lowest BCUT2D eigenvalue weighted by Crippen LogP contribution is -2.15. The number of pyridine rings is 1. The first kappa shape index (κ1) is 18.6. The van der Waals surface area contributed by atoms with Crippen molar-refractivity contribution >= 4 is 43.4 Å². The minimum absolute atomic E-state index is 0.0772. The average molecular weight is 415 g/mol. The third-order valence-corrected chi connectivity index (χ3v) is 6.16. The molecule has 32 heavy (non-hydrogen) atoms. The van der Waals surface area contributed by atoms with Gasteiger partial charge in [0.05, 0.1) is 17.6 Å². The number of fused-ring (bicyclic) bond motifs is 4. The molecule has 6 aromatic rings. The molecule has 0 atom stereocenters. The Morgan fingerprint density at radius 3 is 1.62 bits per heavy atom. The fraction of sp³-hybridized carbons (Fsp3) is 0.0690. The van der Waals surface area contributed by atoms with Crippen molar-refractivity contribution in [3.8, 4) is 5.75 Å². The maximum Gasteiger partial charge on any atom is 0.197 e. The Balaban J connectivity index is 1.45. The summed E-state index contributed by atoms with van der Waals surface area (Å²) in [6, 6.07) is 34.5. The summed E-state index contributed by atoms with van der Waals surface area (Å²) in [6.07, 6.45) is 0. The molecule has 6 rings (SSSR count). The SMILES string of the molecule is O=c1c2ccccc2n(CCOc2c3ccccc3cc3ccccc23)c2ccccc12. The van der Waals surface area contributed by atoms with E-state index in [4.69, 9.17) is 4.74 Å². The summed E-state index contributed by atoms with van der Waals surface area (Å²) in [5, 5.41) is 6.03. The first-order chi connectivity index (χ1) is 15.8. The fourth-order valence-corrected chi connectivity index (χ4v) is 4.68. The number of para-hydroxylation sites is 2. The molecule has 0 bridgehead atoms. The number of ether oxygens (including phenoxy) is 1. The van der Waals surface area contributed by atoms with Gasteiger partial charge in [-0.2, -0.15) is 0 Å². The van der Waals surface area contributed by atoms with E-state index in [1.54, 1.807) is 0 Å². The molecule has 3 nitrogen and oxygen atoms in total. The van der Waals surface area contributed by atoms with E-state index in [9.17, 15) is 4.79 Å². The van der Waals surface area contributed by atoms with Gasteiger partial charge in [0.1, 0.15) is 12.4 Å². The summed E-state index contributed by atoms with van der Waals surface area (Å²) in [5.74, 6) is 0.911. The third kappa shape index (κ3) is 2.94. The van der Waals surface area contributed by atoms with Crippen molar-refractivity contribution in [1.29, 1.82) is 0 Å². The quantitative estimate of drug-likeness (QED) is 0.306. The van der Waals surface area contributed by atoms with Crippen LogP contribution in [0.2, 0.25) is 0 Å². The molecular weight excluding hydrogens is 394 g/mol. The Labute approximate surface area is 185 Å². The molecule has 0 saturated carbocycles. The fourth-order valence-electron chi connectivity index (χ4n) is 4.68. The van der Waals surface area contributed by atoms with Gasteiger partial charge in [-0.1, -0.05) is 72.8 Å². The van der Waals surface area contributed by atoms with Crippen LogP contribution >= 0.6 is 0 Å². The van der Waals surface area contributed by atoms with Crippen LogP contribution in [0.5, 0.6) is 5.75 Å². The molecule has 0 aliphatic heterocycles. The van der Waals surface area contributed by atoms with Gasteiger partial charge in [0.25, 0.3) is 0 Å². The molecular formula is C29H21NO2. The van der Waals surface area contributed by atoms with Gasteiger partial charge >= 0.3 is 0 Å². The highest BCUT2D eigenvalue weighted by Crippen LogP contribution is 2.35. The van der Waals surface area contributed by atoms with E-state index >= 15 is 0 Å². The zero-order valence-electron chi connectivity index (χ0n) is 17.5. The molecule has 0 amide bonds. The number of hydrogen-bond acceptors (Lipinski definition) is 2. The molecule has 0 radical (unpaired) electrons. The number of hydrogen-bond donors (Lipinski definition) is 0. The standard InChI is InChI=1S/C29H21NO2/c31-28-24-13-5-7-15-26(24)30(27-16-8-6-14-25(27)28)17-18-32-29-22-11-3-1-9-20(22)19-21-10-2-4-12-23(21)29/h1-16,19H,17-18H2. The molecule has 3 heteroatoms. The van der Waals surface area contributed by atoms with Gasteiger partial charge in [-0.15, -0.1) is 0 Å². The molecule has 1 heterocycles. The van der Waals surface area contributed by atoms with Crippen molar-refractivity contribution in [3.63, 3.8) is 0 Å². The van der Waals surface area contributed by atoms with E-state index in [0.29, 0.717) is 13.2 Å². The highest BCUT2D eigenvalue weighted by molar-refractivity contribution is 6.05. The van der Waals surface area contributed by atoms with E-state index in [1.807, 2.05) is 60.7 Å². The van der Waals surface area contributed by atoms with E-state index in [2.05, 4.69) is 47.0 Å². The first-order valence-corrected chi connectivity index (χ1v) is 10.8. The lowest BCUT2D eigenvalue weighted by molar-refractivity contribution is 0.309. The van der Waals surface area contributed by atoms with Gasteiger partial charge in [-0.3, -0.25) is 4.79 Å². The zero-order valence-corrected chi connectivity index (χ0v) is 17.5. The Kier molecular flexibility index (Phi) is 4.39. The van der Waals surface area contributed by atoms with Gasteiger partial charge in [0, 0.05) is 21.5 Å². The second-order valence-corrected chi connectivity index (χ2v) is 8.01. The lowest BCUT2D eigenvalue weighted by atomic mass is 10.0. The van der Waals surface area contributed by atoms with Gasteiger partial charge in [0.15, 0.2) is 5.43 Å². The van der Waals surface area contributed by atoms with Crippen molar-refractivity contribution in [3.05, 3.63) is 113 Å². The molecule has 0 aliphatic carbocycles. The van der Waals surface area contributed by atoms with Crippen molar-refractivity contribution in [1.82, 2.24) is 4.57 Å². The normalized spacial score (nSPS) is 11.5. The summed E-state index contributed by atoms with van der Waals surface area (Å²) in [5.41, 5.74) is 1.94. The van der Waals surface area contributed by atoms with Gasteiger partial charge in [0.2, 0.25) is 0 Å². The molecule has 0 spiro atoms. The van der Waals surface area contributed by atoms with Crippen molar-refractivity contribution in [2.45, 2.75) is 6.54 Å². The summed E-state index contributed by atoms with van der Waals surface area (Å²) in [7, 11) is 0. The van der Waals surface area contributed by atoms with Crippen molar-refractivity contribution < 1.29 is 4.74 Å². The van der Waals surface area contributed by atoms with E-state index in [1.165, 1.54) is 10.8 Å².